The molecule has 19 heavy (non-hydrogen) atoms. The highest BCUT2D eigenvalue weighted by molar-refractivity contribution is 6.20. The maximum atomic E-state index is 6.54. The van der Waals surface area contributed by atoms with E-state index < -0.39 is 0 Å². The molecule has 0 N–H and O–H groups in total. The first kappa shape index (κ1) is 14.6. The van der Waals surface area contributed by atoms with Gasteiger partial charge in [0.25, 0.3) is 0 Å². The van der Waals surface area contributed by atoms with E-state index in [0.717, 1.165) is 29.8 Å². The Bertz CT molecular complexity index is 433. The molecular formula is C16H24ClNO. The number of aryl methyl sites for hydroxylation is 1. The highest BCUT2D eigenvalue weighted by atomic mass is 35.5. The number of ether oxygens (including phenoxy) is 1. The van der Waals surface area contributed by atoms with Crippen molar-refractivity contribution >= 4 is 11.6 Å². The average molecular weight is 282 g/mol. The minimum Gasteiger partial charge on any atom is -0.496 e. The van der Waals surface area contributed by atoms with Crippen LogP contribution in [0.4, 0.5) is 0 Å². The Morgan fingerprint density at radius 2 is 2.00 bits per heavy atom. The van der Waals surface area contributed by atoms with Gasteiger partial charge in [0.2, 0.25) is 0 Å². The van der Waals surface area contributed by atoms with Gasteiger partial charge >= 0.3 is 0 Å². The van der Waals surface area contributed by atoms with Crippen molar-refractivity contribution in [3.8, 4) is 5.75 Å². The van der Waals surface area contributed by atoms with Gasteiger partial charge in [-0.15, -0.1) is 11.6 Å². The van der Waals surface area contributed by atoms with Crippen molar-refractivity contribution < 1.29 is 4.74 Å². The summed E-state index contributed by atoms with van der Waals surface area (Å²) >= 11 is 6.54. The van der Waals surface area contributed by atoms with E-state index in [1.54, 1.807) is 7.11 Å². The van der Waals surface area contributed by atoms with Crippen molar-refractivity contribution in [3.63, 3.8) is 0 Å². The van der Waals surface area contributed by atoms with Gasteiger partial charge in [-0.2, -0.15) is 0 Å². The maximum Gasteiger partial charge on any atom is 0.128 e. The van der Waals surface area contributed by atoms with E-state index in [2.05, 4.69) is 11.9 Å². The number of halogens is 1. The summed E-state index contributed by atoms with van der Waals surface area (Å²) < 4.78 is 5.48. The Morgan fingerprint density at radius 1 is 1.26 bits per heavy atom. The number of alkyl halides is 1. The zero-order chi connectivity index (χ0) is 13.8. The summed E-state index contributed by atoms with van der Waals surface area (Å²) in [5, 5.41) is 0.302. The normalized spacial score (nSPS) is 24.0. The lowest BCUT2D eigenvalue weighted by atomic mass is 9.92. The van der Waals surface area contributed by atoms with Crippen LogP contribution < -0.4 is 4.74 Å². The van der Waals surface area contributed by atoms with Gasteiger partial charge in [-0.25, -0.2) is 0 Å². The van der Waals surface area contributed by atoms with Gasteiger partial charge in [0.15, 0.2) is 0 Å². The minimum absolute atomic E-state index is 0.302. The summed E-state index contributed by atoms with van der Waals surface area (Å²) in [5.41, 5.74) is 3.43. The van der Waals surface area contributed by atoms with Crippen LogP contribution in [0, 0.1) is 19.8 Å². The van der Waals surface area contributed by atoms with Crippen LogP contribution in [0.2, 0.25) is 0 Å². The summed E-state index contributed by atoms with van der Waals surface area (Å²) in [6, 6.07) is 0. The molecule has 1 fully saturated rings. The third-order valence-electron chi connectivity index (χ3n) is 4.27. The largest absolute Gasteiger partial charge is 0.496 e. The summed E-state index contributed by atoms with van der Waals surface area (Å²) in [4.78, 5) is 4.61. The van der Waals surface area contributed by atoms with Crippen molar-refractivity contribution in [2.45, 2.75) is 57.7 Å². The van der Waals surface area contributed by atoms with E-state index in [-0.39, 0.29) is 0 Å². The third-order valence-corrected chi connectivity index (χ3v) is 4.85. The van der Waals surface area contributed by atoms with Gasteiger partial charge in [-0.3, -0.25) is 4.98 Å². The van der Waals surface area contributed by atoms with E-state index in [9.17, 15) is 0 Å². The molecule has 2 nitrogen and oxygen atoms in total. The van der Waals surface area contributed by atoms with E-state index >= 15 is 0 Å². The standard InChI is InChI=1S/C16H24ClNO/c1-11-10-18-15(12(2)16(11)19-3)9-13-7-5-4-6-8-14(13)17/h10,13-14H,4-9H2,1-3H3. The molecule has 0 bridgehead atoms. The second-order valence-electron chi connectivity index (χ2n) is 5.66. The number of aromatic nitrogens is 1. The predicted molar refractivity (Wildman–Crippen MR) is 80.2 cm³/mol. The van der Waals surface area contributed by atoms with Gasteiger partial charge in [0.05, 0.1) is 7.11 Å². The molecular weight excluding hydrogens is 258 g/mol. The molecule has 1 aliphatic carbocycles. The Kier molecular flexibility index (Phi) is 5.09. The molecule has 2 unspecified atom stereocenters. The molecule has 2 atom stereocenters. The van der Waals surface area contributed by atoms with E-state index in [0.29, 0.717) is 11.3 Å². The molecule has 0 saturated heterocycles. The van der Waals surface area contributed by atoms with E-state index in [1.807, 2.05) is 13.1 Å². The number of hydrogen-bond acceptors (Lipinski definition) is 2. The summed E-state index contributed by atoms with van der Waals surface area (Å²) in [5.74, 6) is 1.53. The second kappa shape index (κ2) is 6.60. The fraction of sp³-hybridized carbons (Fsp3) is 0.688. The molecule has 3 heteroatoms. The average Bonchev–Trinajstić information content (AvgIpc) is 2.59. The lowest BCUT2D eigenvalue weighted by Crippen LogP contribution is -2.17. The van der Waals surface area contributed by atoms with Crippen LogP contribution in [0.5, 0.6) is 5.75 Å². The number of nitrogens with zero attached hydrogens (tertiary/aromatic N) is 1. The molecule has 0 aliphatic heterocycles. The topological polar surface area (TPSA) is 22.1 Å². The van der Waals surface area contributed by atoms with Crippen LogP contribution in [0.3, 0.4) is 0 Å². The molecule has 1 aliphatic rings. The molecule has 0 aromatic carbocycles. The summed E-state index contributed by atoms with van der Waals surface area (Å²) in [6.45, 7) is 4.15. The number of rotatable bonds is 3. The van der Waals surface area contributed by atoms with Gasteiger partial charge < -0.3 is 4.74 Å². The van der Waals surface area contributed by atoms with Crippen molar-refractivity contribution in [1.82, 2.24) is 4.98 Å². The summed E-state index contributed by atoms with van der Waals surface area (Å²) in [7, 11) is 1.73. The number of hydrogen-bond donors (Lipinski definition) is 0. The quantitative estimate of drug-likeness (QED) is 0.604. The van der Waals surface area contributed by atoms with Crippen LogP contribution in [0.1, 0.15) is 48.9 Å². The highest BCUT2D eigenvalue weighted by Gasteiger charge is 2.23. The zero-order valence-corrected chi connectivity index (χ0v) is 13.0. The Balaban J connectivity index is 2.18. The molecule has 1 saturated carbocycles. The van der Waals surface area contributed by atoms with Crippen LogP contribution in [0.15, 0.2) is 6.20 Å². The fourth-order valence-electron chi connectivity index (χ4n) is 3.09. The Morgan fingerprint density at radius 3 is 2.74 bits per heavy atom. The monoisotopic (exact) mass is 281 g/mol. The Labute approximate surface area is 121 Å². The molecule has 0 spiro atoms. The number of methoxy groups -OCH3 is 1. The SMILES string of the molecule is COc1c(C)cnc(CC2CCCCCC2Cl)c1C. The minimum atomic E-state index is 0.302. The first-order chi connectivity index (χ1) is 9.13. The first-order valence-electron chi connectivity index (χ1n) is 7.26. The molecule has 1 heterocycles. The van der Waals surface area contributed by atoms with Crippen LogP contribution >= 0.6 is 11.6 Å². The number of pyridine rings is 1. The molecule has 106 valence electrons. The van der Waals surface area contributed by atoms with Crippen LogP contribution in [0.25, 0.3) is 0 Å². The lowest BCUT2D eigenvalue weighted by molar-refractivity contribution is 0.404. The highest BCUT2D eigenvalue weighted by Crippen LogP contribution is 2.32. The zero-order valence-electron chi connectivity index (χ0n) is 12.2. The second-order valence-corrected chi connectivity index (χ2v) is 6.22. The van der Waals surface area contributed by atoms with Crippen molar-refractivity contribution in [2.75, 3.05) is 7.11 Å². The first-order valence-corrected chi connectivity index (χ1v) is 7.70. The van der Waals surface area contributed by atoms with Gasteiger partial charge in [-0.05, 0) is 39.0 Å². The lowest BCUT2D eigenvalue weighted by Gasteiger charge is -2.21. The van der Waals surface area contributed by atoms with Crippen molar-refractivity contribution in [2.24, 2.45) is 5.92 Å². The maximum absolute atomic E-state index is 6.54. The smallest absolute Gasteiger partial charge is 0.128 e. The molecule has 0 radical (unpaired) electrons. The Hall–Kier alpha value is -0.760. The van der Waals surface area contributed by atoms with Crippen LogP contribution in [-0.4, -0.2) is 17.5 Å². The predicted octanol–water partition coefficient (Wildman–Crippen LogP) is 4.44. The van der Waals surface area contributed by atoms with Gasteiger partial charge in [-0.1, -0.05) is 19.3 Å². The summed E-state index contributed by atoms with van der Waals surface area (Å²) in [6.07, 6.45) is 9.17. The van der Waals surface area contributed by atoms with Gasteiger partial charge in [0.1, 0.15) is 5.75 Å². The van der Waals surface area contributed by atoms with Crippen molar-refractivity contribution in [1.29, 1.82) is 0 Å². The van der Waals surface area contributed by atoms with Gasteiger partial charge in [0, 0.05) is 28.4 Å². The molecule has 1 aromatic rings. The van der Waals surface area contributed by atoms with E-state index in [1.165, 1.54) is 31.2 Å². The van der Waals surface area contributed by atoms with Crippen LogP contribution in [-0.2, 0) is 6.42 Å². The molecule has 0 amide bonds. The fourth-order valence-corrected chi connectivity index (χ4v) is 3.46. The van der Waals surface area contributed by atoms with E-state index in [4.69, 9.17) is 16.3 Å². The van der Waals surface area contributed by atoms with Crippen molar-refractivity contribution in [3.05, 3.63) is 23.0 Å². The third kappa shape index (κ3) is 3.42. The molecule has 1 aromatic heterocycles. The molecule has 2 rings (SSSR count).